The number of carbonyl (C=O) groups excluding carboxylic acids is 2. The molecule has 0 saturated heterocycles. The Labute approximate surface area is 155 Å². The zero-order valence-corrected chi connectivity index (χ0v) is 14.8. The molecule has 0 aliphatic heterocycles. The smallest absolute Gasteiger partial charge is 0.247 e. The third-order valence-corrected chi connectivity index (χ3v) is 4.71. The van der Waals surface area contributed by atoms with E-state index in [9.17, 15) is 9.59 Å². The van der Waals surface area contributed by atoms with Crippen molar-refractivity contribution >= 4 is 28.7 Å². The van der Waals surface area contributed by atoms with Crippen molar-refractivity contribution in [2.75, 3.05) is 5.32 Å². The van der Waals surface area contributed by atoms with Gasteiger partial charge in [0, 0.05) is 24.7 Å². The number of fused-ring (bicyclic) bond motifs is 1. The molecule has 0 radical (unpaired) electrons. The highest BCUT2D eigenvalue weighted by atomic mass is 16.2. The summed E-state index contributed by atoms with van der Waals surface area (Å²) >= 11 is 0. The Bertz CT molecular complexity index is 938. The van der Waals surface area contributed by atoms with Crippen molar-refractivity contribution in [2.45, 2.75) is 31.7 Å². The summed E-state index contributed by atoms with van der Waals surface area (Å²) in [6.45, 7) is 1.65. The van der Waals surface area contributed by atoms with E-state index in [0.717, 1.165) is 23.3 Å². The van der Waals surface area contributed by atoms with E-state index in [1.165, 1.54) is 18.6 Å². The molecular weight excluding hydrogens is 344 g/mol. The fourth-order valence-corrected chi connectivity index (χ4v) is 3.16. The van der Waals surface area contributed by atoms with E-state index in [1.807, 2.05) is 24.3 Å². The molecule has 2 amide bonds. The Morgan fingerprint density at radius 3 is 2.93 bits per heavy atom. The molecule has 27 heavy (non-hydrogen) atoms. The zero-order valence-electron chi connectivity index (χ0n) is 14.8. The van der Waals surface area contributed by atoms with Gasteiger partial charge < -0.3 is 15.6 Å². The fraction of sp³-hybridized carbons (Fsp3) is 0.316. The van der Waals surface area contributed by atoms with Crippen LogP contribution in [0.4, 0.5) is 5.82 Å². The maximum absolute atomic E-state index is 12.3. The lowest BCUT2D eigenvalue weighted by molar-refractivity contribution is -0.126. The number of amides is 2. The molecular formula is C19H20N6O2. The van der Waals surface area contributed by atoms with Crippen LogP contribution in [0.2, 0.25) is 0 Å². The first-order chi connectivity index (χ1) is 13.1. The number of carbonyl (C=O) groups is 2. The largest absolute Gasteiger partial charge is 0.345 e. The van der Waals surface area contributed by atoms with Crippen LogP contribution in [0.25, 0.3) is 11.0 Å². The molecule has 3 aromatic rings. The van der Waals surface area contributed by atoms with Crippen molar-refractivity contribution in [3.8, 4) is 0 Å². The van der Waals surface area contributed by atoms with Gasteiger partial charge in [0.1, 0.15) is 11.9 Å². The third-order valence-electron chi connectivity index (χ3n) is 4.71. The van der Waals surface area contributed by atoms with E-state index in [-0.39, 0.29) is 23.7 Å². The Hall–Kier alpha value is -3.29. The van der Waals surface area contributed by atoms with Crippen LogP contribution in [-0.2, 0) is 9.59 Å². The van der Waals surface area contributed by atoms with E-state index in [2.05, 4.69) is 30.6 Å². The minimum Gasteiger partial charge on any atom is -0.345 e. The maximum atomic E-state index is 12.3. The second-order valence-electron chi connectivity index (χ2n) is 6.81. The van der Waals surface area contributed by atoms with Crippen molar-refractivity contribution in [3.05, 3.63) is 48.7 Å². The lowest BCUT2D eigenvalue weighted by Gasteiger charge is -2.13. The van der Waals surface area contributed by atoms with Gasteiger partial charge in [-0.2, -0.15) is 0 Å². The predicted octanol–water partition coefficient (Wildman–Crippen LogP) is 1.99. The van der Waals surface area contributed by atoms with Crippen LogP contribution in [0.1, 0.15) is 31.5 Å². The van der Waals surface area contributed by atoms with Crippen LogP contribution in [-0.4, -0.2) is 37.8 Å². The van der Waals surface area contributed by atoms with Gasteiger partial charge in [0.15, 0.2) is 5.82 Å². The Morgan fingerprint density at radius 1 is 1.30 bits per heavy atom. The first-order valence-corrected chi connectivity index (χ1v) is 8.91. The lowest BCUT2D eigenvalue weighted by Crippen LogP contribution is -2.41. The summed E-state index contributed by atoms with van der Waals surface area (Å²) in [4.78, 5) is 40.2. The van der Waals surface area contributed by atoms with E-state index < -0.39 is 6.04 Å². The van der Waals surface area contributed by atoms with Crippen molar-refractivity contribution in [1.82, 2.24) is 25.3 Å². The molecule has 1 aliphatic carbocycles. The summed E-state index contributed by atoms with van der Waals surface area (Å²) in [6, 6.07) is 7.24. The minimum atomic E-state index is -0.650. The maximum Gasteiger partial charge on any atom is 0.247 e. The van der Waals surface area contributed by atoms with Crippen LogP contribution in [0.15, 0.2) is 42.9 Å². The standard InChI is InChI=1S/C19H20N6O2/c1-11(19(27)25-16-10-20-6-7-21-16)22-17(26)9-12-8-13(12)18-23-14-4-2-3-5-15(14)24-18/h2-7,10-13H,8-9H2,1H3,(H,22,26)(H,23,24)(H,21,25,27)/t11-,12+,13+/m1/s1. The summed E-state index contributed by atoms with van der Waals surface area (Å²) in [5.41, 5.74) is 1.95. The molecule has 1 saturated carbocycles. The van der Waals surface area contributed by atoms with Crippen LogP contribution in [0.3, 0.4) is 0 Å². The quantitative estimate of drug-likeness (QED) is 0.619. The molecule has 2 aromatic heterocycles. The first-order valence-electron chi connectivity index (χ1n) is 8.91. The normalized spacial score (nSPS) is 19.4. The van der Waals surface area contributed by atoms with Gasteiger partial charge in [0.25, 0.3) is 0 Å². The van der Waals surface area contributed by atoms with E-state index in [1.54, 1.807) is 6.92 Å². The van der Waals surface area contributed by atoms with E-state index >= 15 is 0 Å². The second kappa shape index (κ2) is 7.14. The topological polar surface area (TPSA) is 113 Å². The highest BCUT2D eigenvalue weighted by molar-refractivity contribution is 5.96. The molecule has 0 bridgehead atoms. The summed E-state index contributed by atoms with van der Waals surface area (Å²) in [5.74, 6) is 1.35. The van der Waals surface area contributed by atoms with Gasteiger partial charge in [-0.05, 0) is 31.4 Å². The molecule has 4 rings (SSSR count). The highest BCUT2D eigenvalue weighted by Crippen LogP contribution is 2.48. The number of nitrogens with one attached hydrogen (secondary N) is 3. The summed E-state index contributed by atoms with van der Waals surface area (Å²) < 4.78 is 0. The molecule has 1 aromatic carbocycles. The monoisotopic (exact) mass is 364 g/mol. The number of hydrogen-bond donors (Lipinski definition) is 3. The highest BCUT2D eigenvalue weighted by Gasteiger charge is 2.42. The molecule has 1 aliphatic rings. The number of imidazole rings is 1. The number of hydrogen-bond acceptors (Lipinski definition) is 5. The third kappa shape index (κ3) is 3.94. The van der Waals surface area contributed by atoms with Crippen molar-refractivity contribution in [1.29, 1.82) is 0 Å². The predicted molar refractivity (Wildman–Crippen MR) is 99.8 cm³/mol. The Kier molecular flexibility index (Phi) is 4.53. The molecule has 3 N–H and O–H groups in total. The van der Waals surface area contributed by atoms with Gasteiger partial charge in [-0.1, -0.05) is 12.1 Å². The molecule has 1 fully saturated rings. The molecule has 0 spiro atoms. The fourth-order valence-electron chi connectivity index (χ4n) is 3.16. The van der Waals surface area contributed by atoms with Gasteiger partial charge in [-0.15, -0.1) is 0 Å². The number of para-hydroxylation sites is 2. The number of H-pyrrole nitrogens is 1. The van der Waals surface area contributed by atoms with Crippen molar-refractivity contribution < 1.29 is 9.59 Å². The average molecular weight is 364 g/mol. The molecule has 138 valence electrons. The first kappa shape index (κ1) is 17.1. The van der Waals surface area contributed by atoms with E-state index in [4.69, 9.17) is 0 Å². The van der Waals surface area contributed by atoms with Crippen LogP contribution in [0, 0.1) is 5.92 Å². The van der Waals surface area contributed by atoms with Gasteiger partial charge in [0.2, 0.25) is 11.8 Å². The number of rotatable bonds is 6. The number of benzene rings is 1. The van der Waals surface area contributed by atoms with Gasteiger partial charge in [-0.25, -0.2) is 9.97 Å². The summed E-state index contributed by atoms with van der Waals surface area (Å²) in [7, 11) is 0. The number of anilines is 1. The van der Waals surface area contributed by atoms with Crippen molar-refractivity contribution in [2.24, 2.45) is 5.92 Å². The van der Waals surface area contributed by atoms with Gasteiger partial charge in [0.05, 0.1) is 17.2 Å². The molecule has 3 atom stereocenters. The molecule has 8 nitrogen and oxygen atoms in total. The van der Waals surface area contributed by atoms with Crippen LogP contribution < -0.4 is 10.6 Å². The number of aromatic amines is 1. The molecule has 2 heterocycles. The number of nitrogens with zero attached hydrogens (tertiary/aromatic N) is 3. The summed E-state index contributed by atoms with van der Waals surface area (Å²) in [6.07, 6.45) is 5.77. The van der Waals surface area contributed by atoms with Crippen LogP contribution in [0.5, 0.6) is 0 Å². The number of aromatic nitrogens is 4. The molecule has 8 heteroatoms. The SMILES string of the molecule is C[C@@H](NC(=O)C[C@@H]1C[C@@H]1c1nc2ccccc2[nH]1)C(=O)Nc1cnccn1. The molecule has 0 unspecified atom stereocenters. The average Bonchev–Trinajstić information content (AvgIpc) is 3.28. The van der Waals surface area contributed by atoms with E-state index in [0.29, 0.717) is 12.2 Å². The van der Waals surface area contributed by atoms with Crippen LogP contribution >= 0.6 is 0 Å². The second-order valence-corrected chi connectivity index (χ2v) is 6.81. The lowest BCUT2D eigenvalue weighted by atomic mass is 10.2. The summed E-state index contributed by atoms with van der Waals surface area (Å²) in [5, 5.41) is 5.36. The van der Waals surface area contributed by atoms with Gasteiger partial charge >= 0.3 is 0 Å². The Balaban J connectivity index is 1.28. The minimum absolute atomic E-state index is 0.139. The Morgan fingerprint density at radius 2 is 2.15 bits per heavy atom. The zero-order chi connectivity index (χ0) is 18.8. The van der Waals surface area contributed by atoms with Gasteiger partial charge in [-0.3, -0.25) is 14.6 Å². The van der Waals surface area contributed by atoms with Crippen molar-refractivity contribution in [3.63, 3.8) is 0 Å².